The van der Waals surface area contributed by atoms with Gasteiger partial charge in [0.1, 0.15) is 11.4 Å². The second-order valence-corrected chi connectivity index (χ2v) is 7.30. The zero-order chi connectivity index (χ0) is 17.2. The lowest BCUT2D eigenvalue weighted by Gasteiger charge is -2.35. The van der Waals surface area contributed by atoms with Gasteiger partial charge in [-0.1, -0.05) is 15.9 Å². The number of amides is 2. The summed E-state index contributed by atoms with van der Waals surface area (Å²) in [6, 6.07) is 4.36. The summed E-state index contributed by atoms with van der Waals surface area (Å²) in [6.07, 6.45) is -0.389. The van der Waals surface area contributed by atoms with Crippen LogP contribution in [-0.4, -0.2) is 53.6 Å². The number of rotatable bonds is 1. The highest BCUT2D eigenvalue weighted by atomic mass is 79.9. The molecule has 1 heterocycles. The molecule has 0 atom stereocenters. The molecule has 1 aliphatic rings. The van der Waals surface area contributed by atoms with Gasteiger partial charge in [-0.25, -0.2) is 9.18 Å². The van der Waals surface area contributed by atoms with Crippen LogP contribution in [0, 0.1) is 5.82 Å². The van der Waals surface area contributed by atoms with Crippen molar-refractivity contribution in [3.05, 3.63) is 34.1 Å². The van der Waals surface area contributed by atoms with E-state index < -0.39 is 11.4 Å². The average Bonchev–Trinajstić information content (AvgIpc) is 2.45. The highest BCUT2D eigenvalue weighted by molar-refractivity contribution is 9.10. The van der Waals surface area contributed by atoms with Crippen LogP contribution in [0.2, 0.25) is 0 Å². The molecule has 0 bridgehead atoms. The SMILES string of the molecule is CC(C)(C)OC(=O)N1CCN(C(=O)c2ccc(Br)cc2F)CC1. The van der Waals surface area contributed by atoms with Gasteiger partial charge in [0, 0.05) is 30.7 Å². The minimum absolute atomic E-state index is 0.0407. The van der Waals surface area contributed by atoms with Gasteiger partial charge < -0.3 is 14.5 Å². The molecule has 126 valence electrons. The highest BCUT2D eigenvalue weighted by Gasteiger charge is 2.28. The van der Waals surface area contributed by atoms with E-state index in [0.717, 1.165) is 0 Å². The van der Waals surface area contributed by atoms with Gasteiger partial charge in [-0.05, 0) is 39.0 Å². The molecule has 0 unspecified atom stereocenters. The molecule has 1 saturated heterocycles. The van der Waals surface area contributed by atoms with E-state index in [2.05, 4.69) is 15.9 Å². The molecule has 1 aromatic carbocycles. The maximum absolute atomic E-state index is 13.9. The second kappa shape index (κ2) is 6.86. The lowest BCUT2D eigenvalue weighted by molar-refractivity contribution is 0.0140. The van der Waals surface area contributed by atoms with Crippen LogP contribution in [0.15, 0.2) is 22.7 Å². The van der Waals surface area contributed by atoms with Crippen LogP contribution in [0.25, 0.3) is 0 Å². The van der Waals surface area contributed by atoms with Gasteiger partial charge in [0.05, 0.1) is 5.56 Å². The molecule has 0 N–H and O–H groups in total. The van der Waals surface area contributed by atoms with E-state index in [-0.39, 0.29) is 17.6 Å². The van der Waals surface area contributed by atoms with E-state index in [0.29, 0.717) is 30.7 Å². The number of piperazine rings is 1. The minimum atomic E-state index is -0.557. The molecule has 23 heavy (non-hydrogen) atoms. The number of carbonyl (C=O) groups is 2. The number of ether oxygens (including phenoxy) is 1. The minimum Gasteiger partial charge on any atom is -0.444 e. The zero-order valence-electron chi connectivity index (χ0n) is 13.4. The summed E-state index contributed by atoms with van der Waals surface area (Å²) >= 11 is 3.17. The largest absolute Gasteiger partial charge is 0.444 e. The van der Waals surface area contributed by atoms with Crippen molar-refractivity contribution in [1.29, 1.82) is 0 Å². The Balaban J connectivity index is 1.96. The van der Waals surface area contributed by atoms with E-state index in [1.54, 1.807) is 36.6 Å². The monoisotopic (exact) mass is 386 g/mol. The molecule has 2 amide bonds. The van der Waals surface area contributed by atoms with Gasteiger partial charge in [0.25, 0.3) is 5.91 Å². The summed E-state index contributed by atoms with van der Waals surface area (Å²) in [4.78, 5) is 27.5. The van der Waals surface area contributed by atoms with Crippen LogP contribution >= 0.6 is 15.9 Å². The molecule has 0 radical (unpaired) electrons. The fraction of sp³-hybridized carbons (Fsp3) is 0.500. The normalized spacial score (nSPS) is 15.5. The first-order valence-corrected chi connectivity index (χ1v) is 8.19. The first-order valence-electron chi connectivity index (χ1n) is 7.39. The molecular weight excluding hydrogens is 367 g/mol. The Bertz CT molecular complexity index is 608. The summed E-state index contributed by atoms with van der Waals surface area (Å²) in [5.74, 6) is -0.919. The maximum atomic E-state index is 13.9. The van der Waals surface area contributed by atoms with Crippen LogP contribution in [0.1, 0.15) is 31.1 Å². The van der Waals surface area contributed by atoms with E-state index in [9.17, 15) is 14.0 Å². The van der Waals surface area contributed by atoms with Crippen LogP contribution in [0.5, 0.6) is 0 Å². The van der Waals surface area contributed by atoms with Gasteiger partial charge in [-0.3, -0.25) is 4.79 Å². The number of halogens is 2. The highest BCUT2D eigenvalue weighted by Crippen LogP contribution is 2.18. The zero-order valence-corrected chi connectivity index (χ0v) is 15.0. The number of benzene rings is 1. The Labute approximate surface area is 143 Å². The molecule has 1 aliphatic heterocycles. The lowest BCUT2D eigenvalue weighted by Crippen LogP contribution is -2.51. The van der Waals surface area contributed by atoms with Gasteiger partial charge in [-0.15, -0.1) is 0 Å². The van der Waals surface area contributed by atoms with Crippen molar-refractivity contribution in [2.45, 2.75) is 26.4 Å². The number of hydrogen-bond acceptors (Lipinski definition) is 3. The third-order valence-corrected chi connectivity index (χ3v) is 3.87. The van der Waals surface area contributed by atoms with Crippen molar-refractivity contribution in [3.8, 4) is 0 Å². The average molecular weight is 387 g/mol. The van der Waals surface area contributed by atoms with Crippen LogP contribution in [0.3, 0.4) is 0 Å². The third-order valence-electron chi connectivity index (χ3n) is 3.38. The topological polar surface area (TPSA) is 49.9 Å². The van der Waals surface area contributed by atoms with Crippen LogP contribution < -0.4 is 0 Å². The van der Waals surface area contributed by atoms with Crippen molar-refractivity contribution in [2.24, 2.45) is 0 Å². The first kappa shape index (κ1) is 17.7. The second-order valence-electron chi connectivity index (χ2n) is 6.38. The molecule has 1 aromatic rings. The molecule has 1 fully saturated rings. The van der Waals surface area contributed by atoms with Crippen molar-refractivity contribution in [2.75, 3.05) is 26.2 Å². The molecule has 2 rings (SSSR count). The Hall–Kier alpha value is -1.63. The smallest absolute Gasteiger partial charge is 0.410 e. The number of hydrogen-bond donors (Lipinski definition) is 0. The van der Waals surface area contributed by atoms with Gasteiger partial charge in [0.15, 0.2) is 0 Å². The van der Waals surface area contributed by atoms with E-state index in [4.69, 9.17) is 4.74 Å². The van der Waals surface area contributed by atoms with Gasteiger partial charge >= 0.3 is 6.09 Å². The first-order chi connectivity index (χ1) is 10.7. The Kier molecular flexibility index (Phi) is 5.29. The summed E-state index contributed by atoms with van der Waals surface area (Å²) in [7, 11) is 0. The predicted molar refractivity (Wildman–Crippen MR) is 87.8 cm³/mol. The molecule has 7 heteroatoms. The molecule has 0 saturated carbocycles. The van der Waals surface area contributed by atoms with Gasteiger partial charge in [0.2, 0.25) is 0 Å². The summed E-state index contributed by atoms with van der Waals surface area (Å²) in [5, 5.41) is 0. The third kappa shape index (κ3) is 4.67. The van der Waals surface area contributed by atoms with Crippen molar-refractivity contribution >= 4 is 27.9 Å². The fourth-order valence-corrected chi connectivity index (χ4v) is 2.59. The van der Waals surface area contributed by atoms with Crippen molar-refractivity contribution in [3.63, 3.8) is 0 Å². The van der Waals surface area contributed by atoms with E-state index in [1.165, 1.54) is 12.1 Å². The van der Waals surface area contributed by atoms with Crippen LogP contribution in [0.4, 0.5) is 9.18 Å². The molecule has 5 nitrogen and oxygen atoms in total. The Morgan fingerprint density at radius 3 is 2.22 bits per heavy atom. The van der Waals surface area contributed by atoms with Gasteiger partial charge in [-0.2, -0.15) is 0 Å². The van der Waals surface area contributed by atoms with E-state index >= 15 is 0 Å². The summed E-state index contributed by atoms with van der Waals surface area (Å²) < 4.78 is 19.8. The number of carbonyl (C=O) groups excluding carboxylic acids is 2. The van der Waals surface area contributed by atoms with Crippen LogP contribution in [-0.2, 0) is 4.74 Å². The quantitative estimate of drug-likeness (QED) is 0.743. The number of nitrogens with zero attached hydrogens (tertiary/aromatic N) is 2. The lowest BCUT2D eigenvalue weighted by atomic mass is 10.1. The van der Waals surface area contributed by atoms with Crippen molar-refractivity contribution < 1.29 is 18.7 Å². The predicted octanol–water partition coefficient (Wildman–Crippen LogP) is 3.28. The fourth-order valence-electron chi connectivity index (χ4n) is 2.25. The maximum Gasteiger partial charge on any atom is 0.410 e. The molecular formula is C16H20BrFN2O3. The summed E-state index contributed by atoms with van der Waals surface area (Å²) in [6.45, 7) is 6.88. The Morgan fingerprint density at radius 2 is 1.70 bits per heavy atom. The molecule has 0 aliphatic carbocycles. The van der Waals surface area contributed by atoms with Crippen molar-refractivity contribution in [1.82, 2.24) is 9.80 Å². The molecule has 0 aromatic heterocycles. The van der Waals surface area contributed by atoms with E-state index in [1.807, 2.05) is 0 Å². The summed E-state index contributed by atoms with van der Waals surface area (Å²) in [5.41, 5.74) is -0.510. The standard InChI is InChI=1S/C16H20BrFN2O3/c1-16(2,3)23-15(22)20-8-6-19(7-9-20)14(21)12-5-4-11(17)10-13(12)18/h4-5,10H,6-9H2,1-3H3. The Morgan fingerprint density at radius 1 is 1.13 bits per heavy atom. The molecule has 0 spiro atoms.